The summed E-state index contributed by atoms with van der Waals surface area (Å²) in [6.07, 6.45) is 2.43. The Bertz CT molecular complexity index is 434. The van der Waals surface area contributed by atoms with Gasteiger partial charge in [0.1, 0.15) is 5.82 Å². The lowest BCUT2D eigenvalue weighted by atomic mass is 9.84. The topological polar surface area (TPSA) is 18.5 Å². The van der Waals surface area contributed by atoms with E-state index in [1.165, 1.54) is 18.4 Å². The molecule has 2 aliphatic heterocycles. The van der Waals surface area contributed by atoms with Crippen LogP contribution in [0.5, 0.6) is 0 Å². The molecule has 2 aliphatic rings. The van der Waals surface area contributed by atoms with Crippen molar-refractivity contribution < 1.29 is 4.39 Å². The van der Waals surface area contributed by atoms with E-state index in [2.05, 4.69) is 22.2 Å². The predicted octanol–water partition coefficient (Wildman–Crippen LogP) is 2.11. The number of likely N-dealkylation sites (N-methyl/N-ethyl adjacent to an activating group) is 1. The molecule has 3 nitrogen and oxygen atoms in total. The van der Waals surface area contributed by atoms with Crippen molar-refractivity contribution in [1.82, 2.24) is 15.1 Å². The molecule has 0 aliphatic carbocycles. The van der Waals surface area contributed by atoms with Crippen LogP contribution < -0.4 is 5.32 Å². The van der Waals surface area contributed by atoms with Crippen LogP contribution in [0.2, 0.25) is 0 Å². The molecule has 21 heavy (non-hydrogen) atoms. The van der Waals surface area contributed by atoms with Gasteiger partial charge in [-0.3, -0.25) is 4.90 Å². The fraction of sp³-hybridized carbons (Fsp3) is 0.647. The summed E-state index contributed by atoms with van der Waals surface area (Å²) in [6.45, 7) is 6.70. The molecule has 2 fully saturated rings. The highest BCUT2D eigenvalue weighted by molar-refractivity contribution is 5.21. The van der Waals surface area contributed by atoms with Gasteiger partial charge in [0.15, 0.2) is 0 Å². The highest BCUT2D eigenvalue weighted by atomic mass is 19.1. The van der Waals surface area contributed by atoms with Gasteiger partial charge in [-0.25, -0.2) is 4.39 Å². The van der Waals surface area contributed by atoms with Gasteiger partial charge in [0.05, 0.1) is 0 Å². The molecule has 0 bridgehead atoms. The first-order valence-corrected chi connectivity index (χ1v) is 8.13. The molecule has 0 aromatic heterocycles. The molecule has 2 saturated heterocycles. The molecule has 0 radical (unpaired) electrons. The highest BCUT2D eigenvalue weighted by Crippen LogP contribution is 2.34. The van der Waals surface area contributed by atoms with Crippen LogP contribution in [0.3, 0.4) is 0 Å². The maximum Gasteiger partial charge on any atom is 0.123 e. The second-order valence-electron chi connectivity index (χ2n) is 6.42. The minimum atomic E-state index is -0.138. The van der Waals surface area contributed by atoms with Gasteiger partial charge in [-0.2, -0.15) is 0 Å². The van der Waals surface area contributed by atoms with E-state index in [1.54, 1.807) is 12.1 Å². The van der Waals surface area contributed by atoms with Crippen molar-refractivity contribution in [2.45, 2.75) is 18.9 Å². The SMILES string of the molecule is CN1CCN(C(c2ccc(F)cc2)C2CCNCC2)CC1. The predicted molar refractivity (Wildman–Crippen MR) is 83.8 cm³/mol. The van der Waals surface area contributed by atoms with Crippen molar-refractivity contribution in [2.75, 3.05) is 46.3 Å². The quantitative estimate of drug-likeness (QED) is 0.920. The minimum Gasteiger partial charge on any atom is -0.317 e. The summed E-state index contributed by atoms with van der Waals surface area (Å²) < 4.78 is 13.3. The number of nitrogens with one attached hydrogen (secondary N) is 1. The lowest BCUT2D eigenvalue weighted by Gasteiger charge is -2.43. The van der Waals surface area contributed by atoms with Gasteiger partial charge in [-0.05, 0) is 56.6 Å². The van der Waals surface area contributed by atoms with Crippen molar-refractivity contribution in [3.8, 4) is 0 Å². The molecule has 1 atom stereocenters. The van der Waals surface area contributed by atoms with Crippen molar-refractivity contribution in [1.29, 1.82) is 0 Å². The average Bonchev–Trinajstić information content (AvgIpc) is 2.52. The van der Waals surface area contributed by atoms with E-state index in [9.17, 15) is 4.39 Å². The number of hydrogen-bond acceptors (Lipinski definition) is 3. The third kappa shape index (κ3) is 3.62. The summed E-state index contributed by atoms with van der Waals surface area (Å²) in [7, 11) is 2.19. The van der Waals surface area contributed by atoms with Crippen LogP contribution >= 0.6 is 0 Å². The van der Waals surface area contributed by atoms with E-state index in [0.29, 0.717) is 12.0 Å². The Morgan fingerprint density at radius 2 is 1.67 bits per heavy atom. The first-order valence-electron chi connectivity index (χ1n) is 8.13. The van der Waals surface area contributed by atoms with Crippen LogP contribution in [-0.2, 0) is 0 Å². The van der Waals surface area contributed by atoms with Crippen LogP contribution in [0, 0.1) is 11.7 Å². The van der Waals surface area contributed by atoms with Gasteiger partial charge < -0.3 is 10.2 Å². The number of rotatable bonds is 3. The lowest BCUT2D eigenvalue weighted by molar-refractivity contribution is 0.0693. The van der Waals surface area contributed by atoms with Crippen LogP contribution in [0.15, 0.2) is 24.3 Å². The summed E-state index contributed by atoms with van der Waals surface area (Å²) in [6, 6.07) is 7.64. The monoisotopic (exact) mass is 291 g/mol. The van der Waals surface area contributed by atoms with Gasteiger partial charge in [-0.1, -0.05) is 12.1 Å². The zero-order valence-electron chi connectivity index (χ0n) is 12.9. The van der Waals surface area contributed by atoms with Crippen molar-refractivity contribution in [3.63, 3.8) is 0 Å². The standard InChI is InChI=1S/C17H26FN3/c1-20-10-12-21(13-11-20)17(15-6-8-19-9-7-15)14-2-4-16(18)5-3-14/h2-5,15,17,19H,6-13H2,1H3. The number of piperidine rings is 1. The molecular weight excluding hydrogens is 265 g/mol. The van der Waals surface area contributed by atoms with Crippen LogP contribution in [-0.4, -0.2) is 56.1 Å². The zero-order chi connectivity index (χ0) is 14.7. The van der Waals surface area contributed by atoms with Gasteiger partial charge in [0.2, 0.25) is 0 Å². The molecule has 0 spiro atoms. The van der Waals surface area contributed by atoms with Gasteiger partial charge in [0, 0.05) is 32.2 Å². The first kappa shape index (κ1) is 14.9. The molecule has 0 amide bonds. The Morgan fingerprint density at radius 3 is 2.29 bits per heavy atom. The molecular formula is C17H26FN3. The average molecular weight is 291 g/mol. The largest absolute Gasteiger partial charge is 0.317 e. The fourth-order valence-corrected chi connectivity index (χ4v) is 3.70. The highest BCUT2D eigenvalue weighted by Gasteiger charge is 2.31. The third-order valence-corrected chi connectivity index (χ3v) is 4.97. The van der Waals surface area contributed by atoms with Gasteiger partial charge >= 0.3 is 0 Å². The molecule has 0 saturated carbocycles. The molecule has 1 unspecified atom stereocenters. The lowest BCUT2D eigenvalue weighted by Crippen LogP contribution is -2.48. The zero-order valence-corrected chi connectivity index (χ0v) is 12.9. The number of halogens is 1. The second-order valence-corrected chi connectivity index (χ2v) is 6.42. The summed E-state index contributed by atoms with van der Waals surface area (Å²) >= 11 is 0. The molecule has 4 heteroatoms. The van der Waals surface area contributed by atoms with Crippen molar-refractivity contribution in [2.24, 2.45) is 5.92 Å². The summed E-state index contributed by atoms with van der Waals surface area (Å²) in [5.41, 5.74) is 1.29. The van der Waals surface area contributed by atoms with Gasteiger partial charge in [-0.15, -0.1) is 0 Å². The second kappa shape index (κ2) is 6.86. The van der Waals surface area contributed by atoms with E-state index in [1.807, 2.05) is 12.1 Å². The normalized spacial score (nSPS) is 24.1. The summed E-state index contributed by atoms with van der Waals surface area (Å²) in [5, 5.41) is 3.45. The maximum atomic E-state index is 13.3. The molecule has 3 rings (SSSR count). The van der Waals surface area contributed by atoms with E-state index < -0.39 is 0 Å². The van der Waals surface area contributed by atoms with E-state index in [4.69, 9.17) is 0 Å². The molecule has 116 valence electrons. The molecule has 1 aromatic carbocycles. The van der Waals surface area contributed by atoms with E-state index in [-0.39, 0.29) is 5.82 Å². The summed E-state index contributed by atoms with van der Waals surface area (Å²) in [4.78, 5) is 5.00. The minimum absolute atomic E-state index is 0.138. The Hall–Kier alpha value is -0.970. The number of hydrogen-bond donors (Lipinski definition) is 1. The van der Waals surface area contributed by atoms with Crippen LogP contribution in [0.25, 0.3) is 0 Å². The number of nitrogens with zero attached hydrogens (tertiary/aromatic N) is 2. The van der Waals surface area contributed by atoms with Crippen molar-refractivity contribution in [3.05, 3.63) is 35.6 Å². The van der Waals surface area contributed by atoms with E-state index >= 15 is 0 Å². The smallest absolute Gasteiger partial charge is 0.123 e. The molecule has 2 heterocycles. The summed E-state index contributed by atoms with van der Waals surface area (Å²) in [5.74, 6) is 0.543. The number of piperazine rings is 1. The Kier molecular flexibility index (Phi) is 4.88. The third-order valence-electron chi connectivity index (χ3n) is 4.97. The van der Waals surface area contributed by atoms with Crippen LogP contribution in [0.4, 0.5) is 4.39 Å². The first-order chi connectivity index (χ1) is 10.2. The maximum absolute atomic E-state index is 13.3. The Labute approximate surface area is 127 Å². The van der Waals surface area contributed by atoms with Crippen molar-refractivity contribution >= 4 is 0 Å². The number of benzene rings is 1. The molecule has 1 N–H and O–H groups in total. The fourth-order valence-electron chi connectivity index (χ4n) is 3.70. The molecule has 1 aromatic rings. The van der Waals surface area contributed by atoms with Crippen LogP contribution in [0.1, 0.15) is 24.4 Å². The van der Waals surface area contributed by atoms with E-state index in [0.717, 1.165) is 39.3 Å². The Balaban J connectivity index is 1.81. The van der Waals surface area contributed by atoms with Gasteiger partial charge in [0.25, 0.3) is 0 Å². The Morgan fingerprint density at radius 1 is 1.05 bits per heavy atom.